The predicted octanol–water partition coefficient (Wildman–Crippen LogP) is 2.90. The molecule has 1 heterocycles. The molecule has 3 rings (SSSR count). The standard InChI is InChI=1S/C24H29N3O5/c1-16(28)25-21(17-6-10-19(31-2)11-7-17)15-23(29)27-14-4-5-22(27)24(30)26-18-8-12-20(32-3)13-9-18/h6-13,21-22H,4-5,14-15H2,1-3H3,(H,25,28)(H,26,30). The quantitative estimate of drug-likeness (QED) is 0.659. The van der Waals surface area contributed by atoms with Gasteiger partial charge in [0.15, 0.2) is 0 Å². The van der Waals surface area contributed by atoms with E-state index in [9.17, 15) is 14.4 Å². The lowest BCUT2D eigenvalue weighted by atomic mass is 10.0. The largest absolute Gasteiger partial charge is 0.497 e. The lowest BCUT2D eigenvalue weighted by Gasteiger charge is -2.27. The van der Waals surface area contributed by atoms with E-state index in [0.717, 1.165) is 12.0 Å². The van der Waals surface area contributed by atoms with E-state index in [1.54, 1.807) is 55.5 Å². The number of methoxy groups -OCH3 is 2. The third kappa shape index (κ3) is 5.78. The van der Waals surface area contributed by atoms with Gasteiger partial charge in [-0.2, -0.15) is 0 Å². The highest BCUT2D eigenvalue weighted by Crippen LogP contribution is 2.25. The fraction of sp³-hybridized carbons (Fsp3) is 0.375. The Labute approximate surface area is 187 Å². The Bertz CT molecular complexity index is 943. The van der Waals surface area contributed by atoms with E-state index in [1.165, 1.54) is 6.92 Å². The van der Waals surface area contributed by atoms with Gasteiger partial charge in [0.05, 0.1) is 26.7 Å². The van der Waals surface area contributed by atoms with Crippen molar-refractivity contribution >= 4 is 23.4 Å². The molecule has 0 bridgehead atoms. The summed E-state index contributed by atoms with van der Waals surface area (Å²) in [5, 5.41) is 5.72. The zero-order valence-electron chi connectivity index (χ0n) is 18.6. The Hall–Kier alpha value is -3.55. The summed E-state index contributed by atoms with van der Waals surface area (Å²) in [5.41, 5.74) is 1.44. The van der Waals surface area contributed by atoms with E-state index in [1.807, 2.05) is 12.1 Å². The van der Waals surface area contributed by atoms with Gasteiger partial charge in [-0.25, -0.2) is 0 Å². The van der Waals surface area contributed by atoms with Crippen molar-refractivity contribution in [3.63, 3.8) is 0 Å². The highest BCUT2D eigenvalue weighted by molar-refractivity contribution is 5.97. The van der Waals surface area contributed by atoms with Gasteiger partial charge >= 0.3 is 0 Å². The fourth-order valence-corrected chi connectivity index (χ4v) is 3.86. The topological polar surface area (TPSA) is 97.0 Å². The number of nitrogens with zero attached hydrogens (tertiary/aromatic N) is 1. The molecule has 8 nitrogen and oxygen atoms in total. The number of ether oxygens (including phenoxy) is 2. The highest BCUT2D eigenvalue weighted by Gasteiger charge is 2.35. The maximum absolute atomic E-state index is 13.1. The van der Waals surface area contributed by atoms with Crippen molar-refractivity contribution in [1.29, 1.82) is 0 Å². The van der Waals surface area contributed by atoms with E-state index >= 15 is 0 Å². The van der Waals surface area contributed by atoms with Gasteiger partial charge in [-0.05, 0) is 54.8 Å². The molecule has 3 amide bonds. The number of carbonyl (C=O) groups is 3. The zero-order chi connectivity index (χ0) is 23.1. The maximum atomic E-state index is 13.1. The molecule has 170 valence electrons. The molecule has 2 N–H and O–H groups in total. The minimum atomic E-state index is -0.543. The fourth-order valence-electron chi connectivity index (χ4n) is 3.86. The van der Waals surface area contributed by atoms with Crippen LogP contribution in [0.25, 0.3) is 0 Å². The van der Waals surface area contributed by atoms with Crippen molar-refractivity contribution in [2.24, 2.45) is 0 Å². The molecule has 0 radical (unpaired) electrons. The van der Waals surface area contributed by atoms with Crippen LogP contribution in [0.2, 0.25) is 0 Å². The summed E-state index contributed by atoms with van der Waals surface area (Å²) in [5.74, 6) is 0.766. The first-order valence-electron chi connectivity index (χ1n) is 10.6. The molecule has 0 aliphatic carbocycles. The van der Waals surface area contributed by atoms with Crippen molar-refractivity contribution in [1.82, 2.24) is 10.2 Å². The molecule has 0 saturated carbocycles. The van der Waals surface area contributed by atoms with Crippen LogP contribution in [0.5, 0.6) is 11.5 Å². The normalized spacial score (nSPS) is 16.2. The Balaban J connectivity index is 1.68. The molecule has 2 atom stereocenters. The minimum absolute atomic E-state index is 0.0677. The van der Waals surface area contributed by atoms with E-state index in [-0.39, 0.29) is 24.1 Å². The molecule has 2 unspecified atom stereocenters. The van der Waals surface area contributed by atoms with Gasteiger partial charge in [0.2, 0.25) is 17.7 Å². The van der Waals surface area contributed by atoms with Crippen LogP contribution in [0, 0.1) is 0 Å². The molecular weight excluding hydrogens is 410 g/mol. The van der Waals surface area contributed by atoms with Crippen LogP contribution >= 0.6 is 0 Å². The summed E-state index contributed by atoms with van der Waals surface area (Å²) in [6.45, 7) is 1.93. The van der Waals surface area contributed by atoms with Crippen molar-refractivity contribution < 1.29 is 23.9 Å². The van der Waals surface area contributed by atoms with Gasteiger partial charge in [0.1, 0.15) is 17.5 Å². The molecule has 2 aromatic rings. The average Bonchev–Trinajstić information content (AvgIpc) is 3.29. The Kier molecular flexibility index (Phi) is 7.70. The number of nitrogens with one attached hydrogen (secondary N) is 2. The van der Waals surface area contributed by atoms with Crippen molar-refractivity contribution in [2.45, 2.75) is 38.3 Å². The van der Waals surface area contributed by atoms with Crippen LogP contribution in [-0.2, 0) is 14.4 Å². The number of hydrogen-bond donors (Lipinski definition) is 2. The maximum Gasteiger partial charge on any atom is 0.247 e. The highest BCUT2D eigenvalue weighted by atomic mass is 16.5. The Morgan fingerprint density at radius 3 is 2.16 bits per heavy atom. The number of likely N-dealkylation sites (tertiary alicyclic amines) is 1. The summed E-state index contributed by atoms with van der Waals surface area (Å²) >= 11 is 0. The molecular formula is C24H29N3O5. The van der Waals surface area contributed by atoms with Crippen LogP contribution in [-0.4, -0.2) is 49.4 Å². The van der Waals surface area contributed by atoms with Gasteiger partial charge in [0, 0.05) is 19.2 Å². The second-order valence-corrected chi connectivity index (χ2v) is 7.69. The van der Waals surface area contributed by atoms with E-state index in [2.05, 4.69) is 10.6 Å². The molecule has 0 aromatic heterocycles. The van der Waals surface area contributed by atoms with Crippen molar-refractivity contribution in [3.8, 4) is 11.5 Å². The van der Waals surface area contributed by atoms with Gasteiger partial charge in [-0.1, -0.05) is 12.1 Å². The second kappa shape index (κ2) is 10.7. The predicted molar refractivity (Wildman–Crippen MR) is 121 cm³/mol. The van der Waals surface area contributed by atoms with Crippen LogP contribution < -0.4 is 20.1 Å². The first-order chi connectivity index (χ1) is 15.4. The third-order valence-corrected chi connectivity index (χ3v) is 5.51. The first-order valence-corrected chi connectivity index (χ1v) is 10.6. The number of hydrogen-bond acceptors (Lipinski definition) is 5. The number of anilines is 1. The monoisotopic (exact) mass is 439 g/mol. The number of carbonyl (C=O) groups excluding carboxylic acids is 3. The molecule has 32 heavy (non-hydrogen) atoms. The Morgan fingerprint density at radius 2 is 1.59 bits per heavy atom. The second-order valence-electron chi connectivity index (χ2n) is 7.69. The van der Waals surface area contributed by atoms with Crippen molar-refractivity contribution in [2.75, 3.05) is 26.1 Å². The van der Waals surface area contributed by atoms with Crippen LogP contribution in [0.1, 0.15) is 37.8 Å². The first kappa shape index (κ1) is 23.1. The van der Waals surface area contributed by atoms with Crippen LogP contribution in [0.15, 0.2) is 48.5 Å². The SMILES string of the molecule is COc1ccc(NC(=O)C2CCCN2C(=O)CC(NC(C)=O)c2ccc(OC)cc2)cc1. The number of rotatable bonds is 8. The summed E-state index contributed by atoms with van der Waals surface area (Å²) in [4.78, 5) is 39.4. The van der Waals surface area contributed by atoms with Crippen LogP contribution in [0.3, 0.4) is 0 Å². The summed E-state index contributed by atoms with van der Waals surface area (Å²) < 4.78 is 10.3. The van der Waals surface area contributed by atoms with E-state index < -0.39 is 12.1 Å². The summed E-state index contributed by atoms with van der Waals surface area (Å²) in [6, 6.07) is 13.2. The summed E-state index contributed by atoms with van der Waals surface area (Å²) in [6.07, 6.45) is 1.42. The Morgan fingerprint density at radius 1 is 1.00 bits per heavy atom. The van der Waals surface area contributed by atoms with Gasteiger partial charge in [-0.3, -0.25) is 14.4 Å². The molecule has 1 fully saturated rings. The molecule has 0 spiro atoms. The van der Waals surface area contributed by atoms with Crippen LogP contribution in [0.4, 0.5) is 5.69 Å². The molecule has 1 aliphatic heterocycles. The van der Waals surface area contributed by atoms with Gasteiger partial charge < -0.3 is 25.0 Å². The average molecular weight is 440 g/mol. The lowest BCUT2D eigenvalue weighted by molar-refractivity contribution is -0.137. The lowest BCUT2D eigenvalue weighted by Crippen LogP contribution is -2.44. The van der Waals surface area contributed by atoms with Crippen molar-refractivity contribution in [3.05, 3.63) is 54.1 Å². The number of benzene rings is 2. The third-order valence-electron chi connectivity index (χ3n) is 5.51. The number of amides is 3. The van der Waals surface area contributed by atoms with E-state index in [4.69, 9.17) is 9.47 Å². The van der Waals surface area contributed by atoms with Gasteiger partial charge in [-0.15, -0.1) is 0 Å². The molecule has 2 aromatic carbocycles. The minimum Gasteiger partial charge on any atom is -0.497 e. The zero-order valence-corrected chi connectivity index (χ0v) is 18.6. The molecule has 1 saturated heterocycles. The van der Waals surface area contributed by atoms with Gasteiger partial charge in [0.25, 0.3) is 0 Å². The molecule has 1 aliphatic rings. The molecule has 8 heteroatoms. The summed E-state index contributed by atoms with van der Waals surface area (Å²) in [7, 11) is 3.16. The van der Waals surface area contributed by atoms with E-state index in [0.29, 0.717) is 30.2 Å². The smallest absolute Gasteiger partial charge is 0.247 e.